The van der Waals surface area contributed by atoms with E-state index in [4.69, 9.17) is 0 Å². The smallest absolute Gasteiger partial charge is 0.0447 e. The highest BCUT2D eigenvalue weighted by atomic mass is 15.2. The lowest BCUT2D eigenvalue weighted by Gasteiger charge is -2.31. The first kappa shape index (κ1) is 18.0. The number of aryl methyl sites for hydroxylation is 1. The predicted molar refractivity (Wildman–Crippen MR) is 93.0 cm³/mol. The third kappa shape index (κ3) is 6.04. The molecule has 120 valence electrons. The second-order valence-electron chi connectivity index (χ2n) is 6.13. The third-order valence-electron chi connectivity index (χ3n) is 3.78. The van der Waals surface area contributed by atoms with E-state index in [2.05, 4.69) is 55.9 Å². The summed E-state index contributed by atoms with van der Waals surface area (Å²) in [6, 6.07) is 2.77. The van der Waals surface area contributed by atoms with E-state index in [1.165, 1.54) is 36.9 Å². The lowest BCUT2D eigenvalue weighted by atomic mass is 10.1. The van der Waals surface area contributed by atoms with Crippen LogP contribution in [0.1, 0.15) is 64.6 Å². The Labute approximate surface area is 131 Å². The molecule has 0 aliphatic heterocycles. The Bertz CT molecular complexity index is 401. The van der Waals surface area contributed by atoms with Crippen molar-refractivity contribution in [2.24, 2.45) is 0 Å². The average Bonchev–Trinajstić information content (AvgIpc) is 2.45. The standard InChI is InChI=1S/C18H33N3/c1-6-8-9-11-21(15(3)4)18-12-16(5)20-14-17(18)13-19-10-7-2/h12,14-15,19H,6-11,13H2,1-5H3. The van der Waals surface area contributed by atoms with Crippen LogP contribution in [0.4, 0.5) is 5.69 Å². The first-order valence-electron chi connectivity index (χ1n) is 8.53. The fourth-order valence-electron chi connectivity index (χ4n) is 2.57. The van der Waals surface area contributed by atoms with Gasteiger partial charge in [-0.05, 0) is 46.2 Å². The molecule has 1 N–H and O–H groups in total. The molecule has 0 atom stereocenters. The monoisotopic (exact) mass is 291 g/mol. The second kappa shape index (κ2) is 9.78. The van der Waals surface area contributed by atoms with Gasteiger partial charge < -0.3 is 10.2 Å². The Morgan fingerprint density at radius 2 is 1.95 bits per heavy atom. The van der Waals surface area contributed by atoms with E-state index >= 15 is 0 Å². The minimum absolute atomic E-state index is 0.522. The summed E-state index contributed by atoms with van der Waals surface area (Å²) in [5, 5.41) is 3.51. The van der Waals surface area contributed by atoms with Crippen molar-refractivity contribution in [1.29, 1.82) is 0 Å². The highest BCUT2D eigenvalue weighted by Crippen LogP contribution is 2.24. The third-order valence-corrected chi connectivity index (χ3v) is 3.78. The molecular formula is C18H33N3. The Kier molecular flexibility index (Phi) is 8.36. The molecule has 0 spiro atoms. The molecule has 0 aromatic carbocycles. The molecule has 1 rings (SSSR count). The van der Waals surface area contributed by atoms with Crippen LogP contribution in [-0.2, 0) is 6.54 Å². The molecule has 0 unspecified atom stereocenters. The van der Waals surface area contributed by atoms with Crippen molar-refractivity contribution < 1.29 is 0 Å². The van der Waals surface area contributed by atoms with Gasteiger partial charge in [0.05, 0.1) is 0 Å². The minimum Gasteiger partial charge on any atom is -0.369 e. The van der Waals surface area contributed by atoms with E-state index in [1.807, 2.05) is 6.20 Å². The molecule has 0 radical (unpaired) electrons. The topological polar surface area (TPSA) is 28.2 Å². The quantitative estimate of drug-likeness (QED) is 0.652. The lowest BCUT2D eigenvalue weighted by molar-refractivity contribution is 0.616. The number of aromatic nitrogens is 1. The van der Waals surface area contributed by atoms with Gasteiger partial charge in [0, 0.05) is 42.3 Å². The number of rotatable bonds is 10. The Balaban J connectivity index is 2.90. The summed E-state index contributed by atoms with van der Waals surface area (Å²) in [4.78, 5) is 7.03. The zero-order valence-corrected chi connectivity index (χ0v) is 14.6. The van der Waals surface area contributed by atoms with Crippen LogP contribution in [0.25, 0.3) is 0 Å². The van der Waals surface area contributed by atoms with E-state index in [9.17, 15) is 0 Å². The van der Waals surface area contributed by atoms with Crippen LogP contribution >= 0.6 is 0 Å². The Morgan fingerprint density at radius 3 is 2.57 bits per heavy atom. The van der Waals surface area contributed by atoms with Crippen molar-refractivity contribution in [3.05, 3.63) is 23.5 Å². The van der Waals surface area contributed by atoms with Gasteiger partial charge in [0.25, 0.3) is 0 Å². The van der Waals surface area contributed by atoms with Crippen molar-refractivity contribution in [2.45, 2.75) is 72.9 Å². The summed E-state index contributed by atoms with van der Waals surface area (Å²) in [5.74, 6) is 0. The molecule has 0 saturated carbocycles. The van der Waals surface area contributed by atoms with Crippen LogP contribution in [0.3, 0.4) is 0 Å². The van der Waals surface area contributed by atoms with Crippen LogP contribution < -0.4 is 10.2 Å². The van der Waals surface area contributed by atoms with Gasteiger partial charge in [-0.25, -0.2) is 0 Å². The fourth-order valence-corrected chi connectivity index (χ4v) is 2.57. The van der Waals surface area contributed by atoms with E-state index in [0.29, 0.717) is 6.04 Å². The number of unbranched alkanes of at least 4 members (excludes halogenated alkanes) is 2. The van der Waals surface area contributed by atoms with Crippen molar-refractivity contribution in [3.8, 4) is 0 Å². The molecule has 0 aliphatic carbocycles. The van der Waals surface area contributed by atoms with Gasteiger partial charge in [-0.3, -0.25) is 4.98 Å². The molecule has 1 aromatic rings. The highest BCUT2D eigenvalue weighted by molar-refractivity contribution is 5.54. The summed E-state index contributed by atoms with van der Waals surface area (Å²) in [6.07, 6.45) is 7.04. The largest absolute Gasteiger partial charge is 0.369 e. The summed E-state index contributed by atoms with van der Waals surface area (Å²) >= 11 is 0. The van der Waals surface area contributed by atoms with Gasteiger partial charge in [0.15, 0.2) is 0 Å². The van der Waals surface area contributed by atoms with Crippen molar-refractivity contribution in [3.63, 3.8) is 0 Å². The molecule has 3 heteroatoms. The van der Waals surface area contributed by atoms with Crippen molar-refractivity contribution >= 4 is 5.69 Å². The number of pyridine rings is 1. The summed E-state index contributed by atoms with van der Waals surface area (Å²) in [7, 11) is 0. The summed E-state index contributed by atoms with van der Waals surface area (Å²) in [6.45, 7) is 14.2. The Morgan fingerprint density at radius 1 is 1.19 bits per heavy atom. The second-order valence-corrected chi connectivity index (χ2v) is 6.13. The normalized spacial score (nSPS) is 11.1. The number of hydrogen-bond acceptors (Lipinski definition) is 3. The molecule has 0 amide bonds. The minimum atomic E-state index is 0.522. The maximum atomic E-state index is 4.49. The zero-order valence-electron chi connectivity index (χ0n) is 14.6. The first-order valence-corrected chi connectivity index (χ1v) is 8.53. The van der Waals surface area contributed by atoms with Gasteiger partial charge in [-0.1, -0.05) is 26.7 Å². The fraction of sp³-hybridized carbons (Fsp3) is 0.722. The molecule has 3 nitrogen and oxygen atoms in total. The van der Waals surface area contributed by atoms with Crippen LogP contribution in [-0.4, -0.2) is 24.1 Å². The maximum Gasteiger partial charge on any atom is 0.0447 e. The number of hydrogen-bond donors (Lipinski definition) is 1. The van der Waals surface area contributed by atoms with E-state index in [1.54, 1.807) is 0 Å². The summed E-state index contributed by atoms with van der Waals surface area (Å²) in [5.41, 5.74) is 3.78. The van der Waals surface area contributed by atoms with Gasteiger partial charge in [-0.15, -0.1) is 0 Å². The average molecular weight is 291 g/mol. The van der Waals surface area contributed by atoms with Crippen molar-refractivity contribution in [1.82, 2.24) is 10.3 Å². The van der Waals surface area contributed by atoms with Crippen LogP contribution in [0.5, 0.6) is 0 Å². The number of anilines is 1. The molecule has 0 saturated heterocycles. The first-order chi connectivity index (χ1) is 10.1. The molecule has 0 bridgehead atoms. The number of nitrogens with one attached hydrogen (secondary N) is 1. The maximum absolute atomic E-state index is 4.49. The van der Waals surface area contributed by atoms with Crippen LogP contribution in [0, 0.1) is 6.92 Å². The lowest BCUT2D eigenvalue weighted by Crippen LogP contribution is -2.33. The van der Waals surface area contributed by atoms with E-state index in [-0.39, 0.29) is 0 Å². The summed E-state index contributed by atoms with van der Waals surface area (Å²) < 4.78 is 0. The van der Waals surface area contributed by atoms with E-state index in [0.717, 1.165) is 25.3 Å². The Hall–Kier alpha value is -1.09. The van der Waals surface area contributed by atoms with Gasteiger partial charge in [-0.2, -0.15) is 0 Å². The molecule has 1 aromatic heterocycles. The van der Waals surface area contributed by atoms with Crippen molar-refractivity contribution in [2.75, 3.05) is 18.0 Å². The SMILES string of the molecule is CCCCCN(c1cc(C)ncc1CNCCC)C(C)C. The van der Waals surface area contributed by atoms with Gasteiger partial charge in [0.1, 0.15) is 0 Å². The molecule has 21 heavy (non-hydrogen) atoms. The number of nitrogens with zero attached hydrogens (tertiary/aromatic N) is 2. The van der Waals surface area contributed by atoms with E-state index < -0.39 is 0 Å². The van der Waals surface area contributed by atoms with Gasteiger partial charge in [0.2, 0.25) is 0 Å². The van der Waals surface area contributed by atoms with Crippen LogP contribution in [0.2, 0.25) is 0 Å². The molecule has 0 fully saturated rings. The van der Waals surface area contributed by atoms with Gasteiger partial charge >= 0.3 is 0 Å². The molecule has 0 aliphatic rings. The zero-order chi connectivity index (χ0) is 15.7. The van der Waals surface area contributed by atoms with Crippen LogP contribution in [0.15, 0.2) is 12.3 Å². The molecular weight excluding hydrogens is 258 g/mol. The molecule has 1 heterocycles. The predicted octanol–water partition coefficient (Wildman–Crippen LogP) is 4.29. The highest BCUT2D eigenvalue weighted by Gasteiger charge is 2.14.